The minimum Gasteiger partial charge on any atom is -0.353 e. The lowest BCUT2D eigenvalue weighted by Crippen LogP contribution is -2.37. The summed E-state index contributed by atoms with van der Waals surface area (Å²) in [6, 6.07) is 3.91. The molecule has 0 saturated carbocycles. The zero-order valence-electron chi connectivity index (χ0n) is 15.3. The van der Waals surface area contributed by atoms with Gasteiger partial charge in [0.25, 0.3) is 5.56 Å². The van der Waals surface area contributed by atoms with Crippen LogP contribution in [0.1, 0.15) is 29.7 Å². The van der Waals surface area contributed by atoms with E-state index < -0.39 is 0 Å². The molecule has 0 unspecified atom stereocenters. The topological polar surface area (TPSA) is 67.2 Å². The first-order valence-corrected chi connectivity index (χ1v) is 8.93. The van der Waals surface area contributed by atoms with Crippen LogP contribution in [-0.4, -0.2) is 46.5 Å². The molecule has 1 N–H and O–H groups in total. The van der Waals surface area contributed by atoms with Gasteiger partial charge < -0.3 is 10.2 Å². The van der Waals surface area contributed by atoms with Gasteiger partial charge in [0.05, 0.1) is 11.0 Å². The molecule has 3 rings (SSSR count). The Balaban J connectivity index is 1.77. The van der Waals surface area contributed by atoms with Crippen LogP contribution in [0.15, 0.2) is 16.9 Å². The van der Waals surface area contributed by atoms with E-state index in [0.29, 0.717) is 17.8 Å². The van der Waals surface area contributed by atoms with Crippen LogP contribution in [0.2, 0.25) is 0 Å². The van der Waals surface area contributed by atoms with Gasteiger partial charge in [-0.25, -0.2) is 4.98 Å². The van der Waals surface area contributed by atoms with Crippen LogP contribution in [0, 0.1) is 20.8 Å². The third-order valence-electron chi connectivity index (χ3n) is 4.98. The first kappa shape index (κ1) is 17.6. The molecule has 1 fully saturated rings. The fraction of sp³-hybridized carbons (Fsp3) is 0.526. The van der Waals surface area contributed by atoms with Crippen LogP contribution in [0.25, 0.3) is 11.0 Å². The largest absolute Gasteiger partial charge is 0.353 e. The molecule has 6 nitrogen and oxygen atoms in total. The molecule has 1 aliphatic rings. The van der Waals surface area contributed by atoms with E-state index in [9.17, 15) is 9.59 Å². The smallest absolute Gasteiger partial charge is 0.272 e. The van der Waals surface area contributed by atoms with Crippen LogP contribution < -0.4 is 10.9 Å². The maximum absolute atomic E-state index is 12.5. The monoisotopic (exact) mass is 342 g/mol. The van der Waals surface area contributed by atoms with Crippen molar-refractivity contribution in [3.05, 3.63) is 39.3 Å². The van der Waals surface area contributed by atoms with Gasteiger partial charge in [0.1, 0.15) is 12.2 Å². The van der Waals surface area contributed by atoms with Crippen molar-refractivity contribution in [3.63, 3.8) is 0 Å². The molecule has 0 aliphatic carbocycles. The van der Waals surface area contributed by atoms with Crippen LogP contribution >= 0.6 is 0 Å². The van der Waals surface area contributed by atoms with Crippen molar-refractivity contribution in [1.29, 1.82) is 0 Å². The summed E-state index contributed by atoms with van der Waals surface area (Å²) >= 11 is 0. The molecule has 6 heteroatoms. The molecule has 1 amide bonds. The van der Waals surface area contributed by atoms with Gasteiger partial charge in [-0.1, -0.05) is 0 Å². The number of nitrogens with zero attached hydrogens (tertiary/aromatic N) is 3. The summed E-state index contributed by atoms with van der Waals surface area (Å²) < 4.78 is 1.54. The molecule has 0 radical (unpaired) electrons. The third-order valence-corrected chi connectivity index (χ3v) is 4.98. The predicted molar refractivity (Wildman–Crippen MR) is 98.9 cm³/mol. The molecule has 1 aromatic carbocycles. The standard InChI is InChI=1S/C19H26N4O2/c1-13-10-16-17(11-14(13)2)23(19(25)15(3)21-16)12-18(24)20-6-9-22-7-4-5-8-22/h10-11H,4-9,12H2,1-3H3,(H,20,24). The Bertz CT molecular complexity index is 851. The second-order valence-corrected chi connectivity index (χ2v) is 6.91. The van der Waals surface area contributed by atoms with Gasteiger partial charge in [-0.05, 0) is 70.0 Å². The second-order valence-electron chi connectivity index (χ2n) is 6.91. The molecular weight excluding hydrogens is 316 g/mol. The van der Waals surface area contributed by atoms with Crippen molar-refractivity contribution in [2.45, 2.75) is 40.2 Å². The maximum Gasteiger partial charge on any atom is 0.272 e. The fourth-order valence-corrected chi connectivity index (χ4v) is 3.34. The molecule has 0 bridgehead atoms. The summed E-state index contributed by atoms with van der Waals surface area (Å²) in [5, 5.41) is 2.93. The van der Waals surface area contributed by atoms with Gasteiger partial charge in [0.15, 0.2) is 0 Å². The highest BCUT2D eigenvalue weighted by Gasteiger charge is 2.14. The van der Waals surface area contributed by atoms with Crippen LogP contribution in [-0.2, 0) is 11.3 Å². The van der Waals surface area contributed by atoms with Crippen molar-refractivity contribution in [1.82, 2.24) is 19.8 Å². The molecule has 1 aliphatic heterocycles. The van der Waals surface area contributed by atoms with Crippen LogP contribution in [0.4, 0.5) is 0 Å². The number of aryl methyl sites for hydroxylation is 3. The predicted octanol–water partition coefficient (Wildman–Crippen LogP) is 1.53. The molecule has 1 aromatic heterocycles. The third kappa shape index (κ3) is 3.90. The van der Waals surface area contributed by atoms with Gasteiger partial charge >= 0.3 is 0 Å². The summed E-state index contributed by atoms with van der Waals surface area (Å²) in [5.41, 5.74) is 3.89. The Morgan fingerprint density at radius 2 is 1.84 bits per heavy atom. The Kier molecular flexibility index (Phi) is 5.18. The molecule has 0 spiro atoms. The summed E-state index contributed by atoms with van der Waals surface area (Å²) in [7, 11) is 0. The Labute approximate surface area is 147 Å². The number of hydrogen-bond donors (Lipinski definition) is 1. The van der Waals surface area contributed by atoms with E-state index in [0.717, 1.165) is 36.3 Å². The highest BCUT2D eigenvalue weighted by molar-refractivity contribution is 5.81. The van der Waals surface area contributed by atoms with Gasteiger partial charge in [0.2, 0.25) is 5.91 Å². The lowest BCUT2D eigenvalue weighted by molar-refractivity contribution is -0.121. The van der Waals surface area contributed by atoms with Crippen molar-refractivity contribution < 1.29 is 4.79 Å². The summed E-state index contributed by atoms with van der Waals surface area (Å²) in [4.78, 5) is 31.6. The fourth-order valence-electron chi connectivity index (χ4n) is 3.34. The van der Waals surface area contributed by atoms with Gasteiger partial charge in [-0.3, -0.25) is 14.2 Å². The Hall–Kier alpha value is -2.21. The average molecular weight is 342 g/mol. The minimum absolute atomic E-state index is 0.0290. The number of likely N-dealkylation sites (tertiary alicyclic amines) is 1. The number of aromatic nitrogens is 2. The summed E-state index contributed by atoms with van der Waals surface area (Å²) in [6.45, 7) is 9.46. The van der Waals surface area contributed by atoms with E-state index in [1.165, 1.54) is 17.4 Å². The van der Waals surface area contributed by atoms with E-state index in [1.807, 2.05) is 26.0 Å². The average Bonchev–Trinajstić information content (AvgIpc) is 3.07. The van der Waals surface area contributed by atoms with Crippen molar-refractivity contribution in [3.8, 4) is 0 Å². The number of benzene rings is 1. The number of carbonyl (C=O) groups is 1. The second kappa shape index (κ2) is 7.35. The summed E-state index contributed by atoms with van der Waals surface area (Å²) in [5.74, 6) is -0.133. The van der Waals surface area contributed by atoms with Gasteiger partial charge in [0, 0.05) is 13.1 Å². The van der Waals surface area contributed by atoms with E-state index in [1.54, 1.807) is 6.92 Å². The number of nitrogens with one attached hydrogen (secondary N) is 1. The molecule has 2 aromatic rings. The van der Waals surface area contributed by atoms with Crippen LogP contribution in [0.5, 0.6) is 0 Å². The minimum atomic E-state index is -0.203. The Morgan fingerprint density at radius 3 is 2.56 bits per heavy atom. The number of amides is 1. The first-order chi connectivity index (χ1) is 12.0. The first-order valence-electron chi connectivity index (χ1n) is 8.93. The molecular formula is C19H26N4O2. The van der Waals surface area contributed by atoms with Gasteiger partial charge in [-0.2, -0.15) is 0 Å². The summed E-state index contributed by atoms with van der Waals surface area (Å²) in [6.07, 6.45) is 2.48. The normalized spacial score (nSPS) is 15.0. The van der Waals surface area contributed by atoms with Crippen molar-refractivity contribution in [2.75, 3.05) is 26.2 Å². The molecule has 25 heavy (non-hydrogen) atoms. The molecule has 2 heterocycles. The molecule has 1 saturated heterocycles. The highest BCUT2D eigenvalue weighted by Crippen LogP contribution is 2.17. The van der Waals surface area contributed by atoms with E-state index in [-0.39, 0.29) is 18.0 Å². The Morgan fingerprint density at radius 1 is 1.16 bits per heavy atom. The van der Waals surface area contributed by atoms with Gasteiger partial charge in [-0.15, -0.1) is 0 Å². The van der Waals surface area contributed by atoms with Crippen molar-refractivity contribution >= 4 is 16.9 Å². The van der Waals surface area contributed by atoms with Crippen LogP contribution in [0.3, 0.4) is 0 Å². The SMILES string of the molecule is Cc1cc2nc(C)c(=O)n(CC(=O)NCCN3CCCC3)c2cc1C. The quantitative estimate of drug-likeness (QED) is 0.895. The maximum atomic E-state index is 12.5. The van der Waals surface area contributed by atoms with E-state index >= 15 is 0 Å². The number of fused-ring (bicyclic) bond motifs is 1. The zero-order valence-corrected chi connectivity index (χ0v) is 15.3. The number of hydrogen-bond acceptors (Lipinski definition) is 4. The number of rotatable bonds is 5. The van der Waals surface area contributed by atoms with Crippen molar-refractivity contribution in [2.24, 2.45) is 0 Å². The number of carbonyl (C=O) groups excluding carboxylic acids is 1. The van der Waals surface area contributed by atoms with E-state index in [2.05, 4.69) is 15.2 Å². The molecule has 134 valence electrons. The highest BCUT2D eigenvalue weighted by atomic mass is 16.2. The molecule has 0 atom stereocenters. The zero-order chi connectivity index (χ0) is 18.0. The van der Waals surface area contributed by atoms with E-state index in [4.69, 9.17) is 0 Å². The lowest BCUT2D eigenvalue weighted by Gasteiger charge is -2.16. The lowest BCUT2D eigenvalue weighted by atomic mass is 10.1.